The zero-order valence-electron chi connectivity index (χ0n) is 9.33. The van der Waals surface area contributed by atoms with Crippen molar-refractivity contribution in [3.8, 4) is 0 Å². The maximum absolute atomic E-state index is 2.30. The smallest absolute Gasteiger partial charge is 0.105 e. The number of rotatable bonds is 0. The molecule has 0 radical (unpaired) electrons. The molecule has 1 aliphatic rings. The molecule has 2 aromatic carbocycles. The van der Waals surface area contributed by atoms with Crippen molar-refractivity contribution >= 4 is 10.8 Å². The standard InChI is InChI=1S/C14H16N/c1-15(2)9-12-7-3-5-11-6-4-8-13(10-15)14(11)12/h3-8H,9-10H2,1-2H3/q+1. The van der Waals surface area contributed by atoms with Crippen LogP contribution in [-0.2, 0) is 13.1 Å². The minimum atomic E-state index is 1.07. The van der Waals surface area contributed by atoms with Gasteiger partial charge in [-0.3, -0.25) is 0 Å². The Morgan fingerprint density at radius 1 is 0.867 bits per heavy atom. The second kappa shape index (κ2) is 2.83. The van der Waals surface area contributed by atoms with Crippen molar-refractivity contribution in [1.82, 2.24) is 0 Å². The highest BCUT2D eigenvalue weighted by Gasteiger charge is 2.25. The molecule has 1 heteroatoms. The van der Waals surface area contributed by atoms with Gasteiger partial charge in [0, 0.05) is 11.1 Å². The molecule has 1 aliphatic heterocycles. The molecule has 0 fully saturated rings. The largest absolute Gasteiger partial charge is 0.321 e. The number of nitrogens with zero attached hydrogens (tertiary/aromatic N) is 1. The summed E-state index contributed by atoms with van der Waals surface area (Å²) in [5.41, 5.74) is 3.00. The number of hydrogen-bond donors (Lipinski definition) is 0. The quantitative estimate of drug-likeness (QED) is 0.571. The highest BCUT2D eigenvalue weighted by atomic mass is 15.3. The summed E-state index contributed by atoms with van der Waals surface area (Å²) in [6.07, 6.45) is 0. The van der Waals surface area contributed by atoms with Crippen LogP contribution in [-0.4, -0.2) is 18.6 Å². The molecule has 15 heavy (non-hydrogen) atoms. The Balaban J connectivity index is 2.36. The van der Waals surface area contributed by atoms with Gasteiger partial charge < -0.3 is 4.48 Å². The summed E-state index contributed by atoms with van der Waals surface area (Å²) >= 11 is 0. The molecule has 2 aromatic rings. The summed E-state index contributed by atoms with van der Waals surface area (Å²) in [6.45, 7) is 2.29. The van der Waals surface area contributed by atoms with E-state index in [2.05, 4.69) is 50.5 Å². The van der Waals surface area contributed by atoms with Crippen molar-refractivity contribution in [2.75, 3.05) is 14.1 Å². The fraction of sp³-hybridized carbons (Fsp3) is 0.286. The van der Waals surface area contributed by atoms with Crippen LogP contribution < -0.4 is 0 Å². The molecule has 76 valence electrons. The number of quaternary nitrogens is 1. The van der Waals surface area contributed by atoms with Gasteiger partial charge in [0.2, 0.25) is 0 Å². The van der Waals surface area contributed by atoms with Gasteiger partial charge in [0.05, 0.1) is 14.1 Å². The highest BCUT2D eigenvalue weighted by Crippen LogP contribution is 2.31. The fourth-order valence-corrected chi connectivity index (χ4v) is 2.74. The van der Waals surface area contributed by atoms with Crippen molar-refractivity contribution in [2.24, 2.45) is 0 Å². The van der Waals surface area contributed by atoms with E-state index >= 15 is 0 Å². The second-order valence-corrected chi connectivity index (χ2v) is 5.18. The van der Waals surface area contributed by atoms with Crippen LogP contribution >= 0.6 is 0 Å². The Labute approximate surface area is 90.5 Å². The molecule has 0 amide bonds. The lowest BCUT2D eigenvalue weighted by atomic mass is 9.94. The van der Waals surface area contributed by atoms with E-state index in [1.54, 1.807) is 0 Å². The van der Waals surface area contributed by atoms with Crippen LogP contribution in [0, 0.1) is 0 Å². The molecular formula is C14H16N+. The number of benzene rings is 2. The van der Waals surface area contributed by atoms with Gasteiger partial charge in [-0.05, 0) is 10.8 Å². The Hall–Kier alpha value is -1.34. The van der Waals surface area contributed by atoms with E-state index in [1.165, 1.54) is 21.9 Å². The summed E-state index contributed by atoms with van der Waals surface area (Å²) in [5.74, 6) is 0. The van der Waals surface area contributed by atoms with E-state index < -0.39 is 0 Å². The van der Waals surface area contributed by atoms with Gasteiger partial charge in [-0.2, -0.15) is 0 Å². The summed E-state index contributed by atoms with van der Waals surface area (Å²) in [6, 6.07) is 13.3. The van der Waals surface area contributed by atoms with E-state index in [1.807, 2.05) is 0 Å². The zero-order chi connectivity index (χ0) is 10.5. The van der Waals surface area contributed by atoms with Crippen molar-refractivity contribution < 1.29 is 4.48 Å². The van der Waals surface area contributed by atoms with Crippen molar-refractivity contribution in [1.29, 1.82) is 0 Å². The first-order valence-corrected chi connectivity index (χ1v) is 5.47. The monoisotopic (exact) mass is 198 g/mol. The summed E-state index contributed by atoms with van der Waals surface area (Å²) in [5, 5.41) is 2.89. The van der Waals surface area contributed by atoms with Crippen molar-refractivity contribution in [3.63, 3.8) is 0 Å². The first kappa shape index (κ1) is 8.93. The number of hydrogen-bond acceptors (Lipinski definition) is 0. The lowest BCUT2D eigenvalue weighted by molar-refractivity contribution is -0.917. The zero-order valence-corrected chi connectivity index (χ0v) is 9.33. The van der Waals surface area contributed by atoms with Gasteiger partial charge in [-0.15, -0.1) is 0 Å². The van der Waals surface area contributed by atoms with E-state index in [4.69, 9.17) is 0 Å². The molecule has 0 atom stereocenters. The Morgan fingerprint density at radius 3 is 1.93 bits per heavy atom. The van der Waals surface area contributed by atoms with Crippen molar-refractivity contribution in [2.45, 2.75) is 13.1 Å². The van der Waals surface area contributed by atoms with Crippen LogP contribution in [0.4, 0.5) is 0 Å². The lowest BCUT2D eigenvalue weighted by Crippen LogP contribution is -2.40. The van der Waals surface area contributed by atoms with Gasteiger partial charge in [0.25, 0.3) is 0 Å². The molecule has 3 rings (SSSR count). The van der Waals surface area contributed by atoms with Crippen molar-refractivity contribution in [3.05, 3.63) is 47.5 Å². The average molecular weight is 198 g/mol. The van der Waals surface area contributed by atoms with E-state index in [-0.39, 0.29) is 0 Å². The lowest BCUT2D eigenvalue weighted by Gasteiger charge is -2.34. The molecule has 1 heterocycles. The predicted molar refractivity (Wildman–Crippen MR) is 63.5 cm³/mol. The van der Waals surface area contributed by atoms with Gasteiger partial charge in [0.1, 0.15) is 13.1 Å². The average Bonchev–Trinajstić information content (AvgIpc) is 2.16. The van der Waals surface area contributed by atoms with Crippen LogP contribution in [0.2, 0.25) is 0 Å². The molecule has 0 bridgehead atoms. The summed E-state index contributed by atoms with van der Waals surface area (Å²) in [7, 11) is 4.60. The Kier molecular flexibility index (Phi) is 1.68. The van der Waals surface area contributed by atoms with Crippen LogP contribution in [0.3, 0.4) is 0 Å². The van der Waals surface area contributed by atoms with Crippen LogP contribution in [0.15, 0.2) is 36.4 Å². The van der Waals surface area contributed by atoms with Gasteiger partial charge in [0.15, 0.2) is 0 Å². The highest BCUT2D eigenvalue weighted by molar-refractivity contribution is 5.89. The van der Waals surface area contributed by atoms with Crippen LogP contribution in [0.25, 0.3) is 10.8 Å². The maximum Gasteiger partial charge on any atom is 0.105 e. The topological polar surface area (TPSA) is 0 Å². The molecule has 0 spiro atoms. The summed E-state index contributed by atoms with van der Waals surface area (Å²) < 4.78 is 1.07. The molecule has 0 unspecified atom stereocenters. The van der Waals surface area contributed by atoms with E-state index in [0.29, 0.717) is 0 Å². The minimum Gasteiger partial charge on any atom is -0.321 e. The van der Waals surface area contributed by atoms with Gasteiger partial charge >= 0.3 is 0 Å². The van der Waals surface area contributed by atoms with Gasteiger partial charge in [-0.25, -0.2) is 0 Å². The third-order valence-corrected chi connectivity index (χ3v) is 3.27. The Morgan fingerprint density at radius 2 is 1.40 bits per heavy atom. The third kappa shape index (κ3) is 1.35. The first-order chi connectivity index (χ1) is 7.16. The summed E-state index contributed by atoms with van der Waals surface area (Å²) in [4.78, 5) is 0. The maximum atomic E-state index is 2.30. The molecule has 0 saturated heterocycles. The second-order valence-electron chi connectivity index (χ2n) is 5.18. The molecular weight excluding hydrogens is 182 g/mol. The minimum absolute atomic E-state index is 1.07. The molecule has 1 nitrogen and oxygen atoms in total. The van der Waals surface area contributed by atoms with Crippen LogP contribution in [0.1, 0.15) is 11.1 Å². The van der Waals surface area contributed by atoms with Gasteiger partial charge in [-0.1, -0.05) is 36.4 Å². The van der Waals surface area contributed by atoms with Crippen LogP contribution in [0.5, 0.6) is 0 Å². The molecule has 0 saturated carbocycles. The fourth-order valence-electron chi connectivity index (χ4n) is 2.74. The molecule has 0 aromatic heterocycles. The Bertz CT molecular complexity index is 483. The molecule has 0 N–H and O–H groups in total. The first-order valence-electron chi connectivity index (χ1n) is 5.47. The van der Waals surface area contributed by atoms with E-state index in [9.17, 15) is 0 Å². The molecule has 0 aliphatic carbocycles. The predicted octanol–water partition coefficient (Wildman–Crippen LogP) is 2.93. The normalized spacial score (nSPS) is 18.0. The SMILES string of the molecule is C[N+]1(C)Cc2cccc3cccc(c23)C1. The van der Waals surface area contributed by atoms with E-state index in [0.717, 1.165) is 17.6 Å². The third-order valence-electron chi connectivity index (χ3n) is 3.27.